The van der Waals surface area contributed by atoms with E-state index in [9.17, 15) is 19.3 Å². The predicted molar refractivity (Wildman–Crippen MR) is 183 cm³/mol. The third-order valence-electron chi connectivity index (χ3n) is 9.91. The van der Waals surface area contributed by atoms with Crippen LogP contribution in [0, 0.1) is 16.7 Å². The van der Waals surface area contributed by atoms with Gasteiger partial charge in [0.15, 0.2) is 0 Å². The fourth-order valence-electron chi connectivity index (χ4n) is 7.23. The van der Waals surface area contributed by atoms with Crippen LogP contribution in [-0.2, 0) is 28.6 Å². The van der Waals surface area contributed by atoms with Gasteiger partial charge in [-0.05, 0) is 82.3 Å². The molecule has 3 aliphatic rings. The average Bonchev–Trinajstić information content (AvgIpc) is 3.47. The average molecular weight is 689 g/mol. The van der Waals surface area contributed by atoms with Gasteiger partial charge in [-0.3, -0.25) is 19.4 Å². The Kier molecular flexibility index (Phi) is 16.6. The number of hydrogen-bond acceptors (Lipinski definition) is 9. The number of likely N-dealkylation sites (N-methyl/N-ethyl adjacent to an activating group) is 1. The van der Waals surface area contributed by atoms with Crippen LogP contribution in [0.3, 0.4) is 0 Å². The number of carbonyl (C=O) groups is 3. The minimum atomic E-state index is -0.522. The zero-order valence-corrected chi connectivity index (χ0v) is 29.2. The molecule has 1 aromatic rings. The molecule has 0 radical (unpaired) electrons. The molecule has 4 rings (SSSR count). The van der Waals surface area contributed by atoms with Gasteiger partial charge in [-0.1, -0.05) is 6.07 Å². The Labute approximate surface area is 290 Å². The summed E-state index contributed by atoms with van der Waals surface area (Å²) >= 11 is 0. The second-order valence-corrected chi connectivity index (χ2v) is 13.4. The second kappa shape index (κ2) is 21.1. The van der Waals surface area contributed by atoms with Gasteiger partial charge in [-0.2, -0.15) is 5.43 Å². The first-order valence-corrected chi connectivity index (χ1v) is 18.3. The summed E-state index contributed by atoms with van der Waals surface area (Å²) in [5.74, 6) is 0.557. The van der Waals surface area contributed by atoms with Crippen LogP contribution < -0.4 is 21.8 Å². The predicted octanol–water partition coefficient (Wildman–Crippen LogP) is 2.17. The van der Waals surface area contributed by atoms with Gasteiger partial charge in [0, 0.05) is 63.6 Å². The first-order valence-electron chi connectivity index (χ1n) is 18.3. The number of nitrogens with zero attached hydrogens (tertiary/aromatic N) is 3. The summed E-state index contributed by atoms with van der Waals surface area (Å²) in [6.45, 7) is 6.40. The summed E-state index contributed by atoms with van der Waals surface area (Å²) in [6.07, 6.45) is 12.1. The maximum Gasteiger partial charge on any atom is 0.267 e. The molecule has 2 atom stereocenters. The lowest BCUT2D eigenvalue weighted by molar-refractivity contribution is -0.643. The van der Waals surface area contributed by atoms with E-state index in [1.165, 1.54) is 0 Å². The van der Waals surface area contributed by atoms with E-state index in [-0.39, 0.29) is 48.2 Å². The molecule has 2 saturated carbocycles. The van der Waals surface area contributed by atoms with E-state index in [1.807, 2.05) is 19.1 Å². The van der Waals surface area contributed by atoms with Crippen LogP contribution in [0.4, 0.5) is 0 Å². The van der Waals surface area contributed by atoms with E-state index in [4.69, 9.17) is 19.9 Å². The molecule has 3 amide bonds. The van der Waals surface area contributed by atoms with Crippen LogP contribution >= 0.6 is 0 Å². The Morgan fingerprint density at radius 3 is 2.51 bits per heavy atom. The number of pyridine rings is 1. The van der Waals surface area contributed by atoms with Crippen LogP contribution in [-0.4, -0.2) is 110 Å². The van der Waals surface area contributed by atoms with E-state index in [2.05, 4.69) is 21.0 Å². The zero-order chi connectivity index (χ0) is 34.8. The van der Waals surface area contributed by atoms with Crippen molar-refractivity contribution in [3.05, 3.63) is 35.0 Å². The topological polar surface area (TPSA) is 177 Å². The Hall–Kier alpha value is -3.20. The Bertz CT molecular complexity index is 1160. The molecule has 49 heavy (non-hydrogen) atoms. The van der Waals surface area contributed by atoms with Gasteiger partial charge < -0.3 is 35.5 Å². The Morgan fingerprint density at radius 2 is 1.80 bits per heavy atom. The minimum Gasteiger partial charge on any atom is -0.379 e. The van der Waals surface area contributed by atoms with Gasteiger partial charge in [0.1, 0.15) is 10.9 Å². The van der Waals surface area contributed by atoms with E-state index in [0.29, 0.717) is 78.0 Å². The molecule has 0 aromatic carbocycles. The molecule has 14 heteroatoms. The minimum absolute atomic E-state index is 0.000551. The molecule has 0 bridgehead atoms. The van der Waals surface area contributed by atoms with Gasteiger partial charge in [0.2, 0.25) is 17.7 Å². The van der Waals surface area contributed by atoms with Crippen molar-refractivity contribution in [3.8, 4) is 0 Å². The number of rotatable bonds is 21. The summed E-state index contributed by atoms with van der Waals surface area (Å²) in [5.41, 5.74) is 9.15. The largest absolute Gasteiger partial charge is 0.379 e. The standard InChI is InChI=1S/C35H57N7O7/c1-2-41-33(44)23-31(34(41)28-5-3-16-37-24-28)42(46)39-18-22-48-25-26-7-13-30(14-8-26)49-19-4-6-32(43)40-29-11-9-27(10-12-29)35(45)38-17-21-47-20-15-36/h3,5,16,24,26-27,29-31,34H,2,4,6-15,17-23,25,36H2,1H3,(H2-,38,39,40,43,45,46)/p+1/t26?,27?,29?,30?,31-,34+/m0/s1. The third-order valence-corrected chi connectivity index (χ3v) is 9.91. The molecular formula is C35H58N7O7+. The van der Waals surface area contributed by atoms with Crippen LogP contribution in [0.1, 0.15) is 89.2 Å². The van der Waals surface area contributed by atoms with Crippen LogP contribution in [0.25, 0.3) is 0 Å². The van der Waals surface area contributed by atoms with E-state index in [0.717, 1.165) is 61.8 Å². The molecule has 274 valence electrons. The lowest BCUT2D eigenvalue weighted by Gasteiger charge is -2.29. The van der Waals surface area contributed by atoms with Crippen molar-refractivity contribution in [2.24, 2.45) is 17.6 Å². The lowest BCUT2D eigenvalue weighted by Crippen LogP contribution is -2.41. The molecule has 0 spiro atoms. The maximum absolute atomic E-state index is 12.9. The third kappa shape index (κ3) is 12.6. The molecule has 2 heterocycles. The zero-order valence-electron chi connectivity index (χ0n) is 29.2. The van der Waals surface area contributed by atoms with Crippen molar-refractivity contribution in [3.63, 3.8) is 0 Å². The first kappa shape index (κ1) is 38.6. The van der Waals surface area contributed by atoms with Gasteiger partial charge >= 0.3 is 0 Å². The summed E-state index contributed by atoms with van der Waals surface area (Å²) in [6, 6.07) is 3.01. The molecular weight excluding hydrogens is 630 g/mol. The molecule has 5 N–H and O–H groups in total. The van der Waals surface area contributed by atoms with Crippen LogP contribution in [0.2, 0.25) is 0 Å². The van der Waals surface area contributed by atoms with Crippen molar-refractivity contribution < 1.29 is 33.5 Å². The van der Waals surface area contributed by atoms with E-state index >= 15 is 0 Å². The number of hydrogen-bond donors (Lipinski definition) is 4. The highest BCUT2D eigenvalue weighted by Gasteiger charge is 2.49. The van der Waals surface area contributed by atoms with Crippen molar-refractivity contribution in [2.45, 2.75) is 102 Å². The summed E-state index contributed by atoms with van der Waals surface area (Å²) < 4.78 is 17.3. The normalized spacial score (nSPS) is 25.6. The molecule has 2 aliphatic carbocycles. The fraction of sp³-hybridized carbons (Fsp3) is 0.771. The Balaban J connectivity index is 0.993. The number of likely N-dealkylation sites (tertiary alicyclic amines) is 1. The number of carbonyl (C=O) groups excluding carboxylic acids is 3. The number of amides is 3. The van der Waals surface area contributed by atoms with Crippen molar-refractivity contribution in [1.29, 1.82) is 0 Å². The number of ether oxygens (including phenoxy) is 3. The first-order chi connectivity index (χ1) is 23.9. The number of nitroso groups, excluding NO2 is 1. The SMILES string of the molecule is CCN1C(=O)C[C@H]([N+](=O)NCCOCC2CCC(OCCCC(=O)NC3CCC(C(=O)NCCOCCN)CC3)CC2)[C@H]1c1cccnc1. The smallest absolute Gasteiger partial charge is 0.267 e. The molecule has 0 unspecified atom stereocenters. The summed E-state index contributed by atoms with van der Waals surface area (Å²) in [4.78, 5) is 57.1. The fourth-order valence-corrected chi connectivity index (χ4v) is 7.23. The number of hydrazine groups is 1. The monoisotopic (exact) mass is 688 g/mol. The second-order valence-electron chi connectivity index (χ2n) is 13.4. The maximum atomic E-state index is 12.9. The molecule has 1 aliphatic heterocycles. The van der Waals surface area contributed by atoms with Crippen molar-refractivity contribution >= 4 is 17.7 Å². The number of nitrogens with one attached hydrogen (secondary N) is 3. The van der Waals surface area contributed by atoms with Gasteiger partial charge in [-0.15, -0.1) is 0 Å². The number of nitrogens with two attached hydrogens (primary N) is 1. The van der Waals surface area contributed by atoms with Gasteiger partial charge in [-0.25, -0.2) is 0 Å². The molecule has 3 fully saturated rings. The van der Waals surface area contributed by atoms with Crippen molar-refractivity contribution in [1.82, 2.24) is 25.9 Å². The highest BCUT2D eigenvalue weighted by atomic mass is 16.5. The highest BCUT2D eigenvalue weighted by Crippen LogP contribution is 2.34. The lowest BCUT2D eigenvalue weighted by atomic mass is 9.85. The molecule has 1 aromatic heterocycles. The van der Waals surface area contributed by atoms with E-state index < -0.39 is 6.04 Å². The molecule has 1 saturated heterocycles. The van der Waals surface area contributed by atoms with Gasteiger partial charge in [0.25, 0.3) is 6.04 Å². The van der Waals surface area contributed by atoms with Crippen LogP contribution in [0.5, 0.6) is 0 Å². The van der Waals surface area contributed by atoms with Gasteiger partial charge in [0.05, 0.1) is 43.8 Å². The Morgan fingerprint density at radius 1 is 1.02 bits per heavy atom. The quantitative estimate of drug-likeness (QED) is 0.0851. The highest BCUT2D eigenvalue weighted by molar-refractivity contribution is 5.80. The van der Waals surface area contributed by atoms with Crippen LogP contribution in [0.15, 0.2) is 24.5 Å². The number of aromatic nitrogens is 1. The summed E-state index contributed by atoms with van der Waals surface area (Å²) in [5, 5.41) is 6.07. The summed E-state index contributed by atoms with van der Waals surface area (Å²) in [7, 11) is 0. The molecule has 14 nitrogen and oxygen atoms in total. The van der Waals surface area contributed by atoms with E-state index in [1.54, 1.807) is 17.3 Å². The van der Waals surface area contributed by atoms with Crippen molar-refractivity contribution in [2.75, 3.05) is 59.2 Å².